The number of nitrogens with two attached hydrogens (primary N) is 1. The summed E-state index contributed by atoms with van der Waals surface area (Å²) in [6.07, 6.45) is 0.373. The number of hydrogen-bond donors (Lipinski definition) is 1. The van der Waals surface area contributed by atoms with Crippen LogP contribution in [-0.2, 0) is 13.5 Å². The minimum absolute atomic E-state index is 0.160. The SMILES string of the molecule is Cn1c(Cc2ccc(N)cc2F)ccc1C(=O)c1ccccc1Cl. The van der Waals surface area contributed by atoms with Gasteiger partial charge in [0.2, 0.25) is 5.78 Å². The fraction of sp³-hybridized carbons (Fsp3) is 0.105. The number of rotatable bonds is 4. The average molecular weight is 343 g/mol. The van der Waals surface area contributed by atoms with E-state index in [1.54, 1.807) is 54.1 Å². The molecule has 0 aliphatic rings. The van der Waals surface area contributed by atoms with E-state index in [0.717, 1.165) is 5.69 Å². The van der Waals surface area contributed by atoms with Gasteiger partial charge in [0, 0.05) is 30.4 Å². The van der Waals surface area contributed by atoms with Crippen LogP contribution in [0.2, 0.25) is 5.02 Å². The highest BCUT2D eigenvalue weighted by atomic mass is 35.5. The number of nitrogens with zero attached hydrogens (tertiary/aromatic N) is 1. The van der Waals surface area contributed by atoms with Gasteiger partial charge in [-0.25, -0.2) is 4.39 Å². The first kappa shape index (κ1) is 16.3. The fourth-order valence-electron chi connectivity index (χ4n) is 2.64. The van der Waals surface area contributed by atoms with E-state index in [1.165, 1.54) is 6.07 Å². The van der Waals surface area contributed by atoms with Gasteiger partial charge in [-0.1, -0.05) is 29.8 Å². The molecule has 3 rings (SSSR count). The molecule has 0 radical (unpaired) electrons. The van der Waals surface area contributed by atoms with Crippen molar-refractivity contribution in [2.24, 2.45) is 7.05 Å². The van der Waals surface area contributed by atoms with Crippen molar-refractivity contribution in [3.05, 3.63) is 88.0 Å². The van der Waals surface area contributed by atoms with E-state index in [4.69, 9.17) is 17.3 Å². The van der Waals surface area contributed by atoms with Gasteiger partial charge in [-0.05, 0) is 42.0 Å². The molecule has 1 heterocycles. The molecule has 0 aliphatic carbocycles. The van der Waals surface area contributed by atoms with Crippen LogP contribution in [0.3, 0.4) is 0 Å². The predicted octanol–water partition coefficient (Wildman–Crippen LogP) is 4.22. The number of carbonyl (C=O) groups is 1. The van der Waals surface area contributed by atoms with E-state index in [1.807, 2.05) is 6.07 Å². The van der Waals surface area contributed by atoms with Gasteiger partial charge in [-0.15, -0.1) is 0 Å². The molecule has 0 saturated carbocycles. The van der Waals surface area contributed by atoms with Gasteiger partial charge in [0.05, 0.1) is 10.7 Å². The Labute approximate surface area is 144 Å². The summed E-state index contributed by atoms with van der Waals surface area (Å²) in [5.41, 5.74) is 8.27. The fourth-order valence-corrected chi connectivity index (χ4v) is 2.87. The maximum atomic E-state index is 14.0. The number of aromatic nitrogens is 1. The zero-order valence-corrected chi connectivity index (χ0v) is 13.8. The lowest BCUT2D eigenvalue weighted by Crippen LogP contribution is -2.10. The Kier molecular flexibility index (Phi) is 4.40. The minimum atomic E-state index is -0.352. The molecule has 2 N–H and O–H groups in total. The number of ketones is 1. The zero-order chi connectivity index (χ0) is 17.3. The van der Waals surface area contributed by atoms with Gasteiger partial charge in [-0.2, -0.15) is 0 Å². The van der Waals surface area contributed by atoms with E-state index in [-0.39, 0.29) is 11.6 Å². The van der Waals surface area contributed by atoms with Crippen LogP contribution in [0.1, 0.15) is 27.3 Å². The summed E-state index contributed by atoms with van der Waals surface area (Å²) in [5, 5.41) is 0.412. The van der Waals surface area contributed by atoms with E-state index < -0.39 is 0 Å². The van der Waals surface area contributed by atoms with Crippen LogP contribution in [0.5, 0.6) is 0 Å². The normalized spacial score (nSPS) is 10.8. The van der Waals surface area contributed by atoms with Crippen molar-refractivity contribution in [3.63, 3.8) is 0 Å². The van der Waals surface area contributed by atoms with Crippen LogP contribution in [0, 0.1) is 5.82 Å². The smallest absolute Gasteiger partial charge is 0.210 e. The maximum Gasteiger partial charge on any atom is 0.210 e. The summed E-state index contributed by atoms with van der Waals surface area (Å²) in [7, 11) is 1.79. The molecule has 0 aliphatic heterocycles. The van der Waals surface area contributed by atoms with Crippen molar-refractivity contribution in [3.8, 4) is 0 Å². The van der Waals surface area contributed by atoms with E-state index in [2.05, 4.69) is 0 Å². The standard InChI is InChI=1S/C19H16ClFN2O/c1-23-14(10-12-6-7-13(22)11-17(12)21)8-9-18(23)19(24)15-4-2-3-5-16(15)20/h2-9,11H,10,22H2,1H3. The zero-order valence-electron chi connectivity index (χ0n) is 13.1. The molecule has 0 unspecified atom stereocenters. The topological polar surface area (TPSA) is 48.0 Å². The van der Waals surface area contributed by atoms with Gasteiger partial charge in [0.15, 0.2) is 0 Å². The summed E-state index contributed by atoms with van der Waals surface area (Å²) in [6.45, 7) is 0. The largest absolute Gasteiger partial charge is 0.399 e. The molecule has 24 heavy (non-hydrogen) atoms. The molecule has 3 aromatic rings. The Morgan fingerprint density at radius 3 is 2.62 bits per heavy atom. The highest BCUT2D eigenvalue weighted by Crippen LogP contribution is 2.22. The van der Waals surface area contributed by atoms with Crippen molar-refractivity contribution >= 4 is 23.1 Å². The van der Waals surface area contributed by atoms with E-state index >= 15 is 0 Å². The quantitative estimate of drug-likeness (QED) is 0.570. The van der Waals surface area contributed by atoms with E-state index in [9.17, 15) is 9.18 Å². The molecule has 122 valence electrons. The van der Waals surface area contributed by atoms with Crippen molar-refractivity contribution in [2.75, 3.05) is 5.73 Å². The Bertz CT molecular complexity index is 917. The maximum absolute atomic E-state index is 14.0. The van der Waals surface area contributed by atoms with Crippen LogP contribution < -0.4 is 5.73 Å². The van der Waals surface area contributed by atoms with Gasteiger partial charge < -0.3 is 10.3 Å². The summed E-state index contributed by atoms with van der Waals surface area (Å²) in [6, 6.07) is 15.1. The van der Waals surface area contributed by atoms with Crippen LogP contribution >= 0.6 is 11.6 Å². The average Bonchev–Trinajstić information content (AvgIpc) is 2.91. The first-order valence-electron chi connectivity index (χ1n) is 7.45. The number of anilines is 1. The van der Waals surface area contributed by atoms with E-state index in [0.29, 0.717) is 34.0 Å². The molecule has 1 aromatic heterocycles. The second-order valence-electron chi connectivity index (χ2n) is 5.61. The Morgan fingerprint density at radius 2 is 1.92 bits per heavy atom. The van der Waals surface area contributed by atoms with Gasteiger partial charge in [0.25, 0.3) is 0 Å². The first-order chi connectivity index (χ1) is 11.5. The lowest BCUT2D eigenvalue weighted by molar-refractivity contribution is 0.103. The second-order valence-corrected chi connectivity index (χ2v) is 6.01. The molecule has 0 fully saturated rings. The van der Waals surface area contributed by atoms with Crippen molar-refractivity contribution in [1.82, 2.24) is 4.57 Å². The summed E-state index contributed by atoms with van der Waals surface area (Å²) >= 11 is 6.10. The van der Waals surface area contributed by atoms with Crippen LogP contribution in [0.4, 0.5) is 10.1 Å². The molecule has 0 saturated heterocycles. The Hall–Kier alpha value is -2.59. The molecule has 2 aromatic carbocycles. The number of carbonyl (C=O) groups excluding carboxylic acids is 1. The third kappa shape index (κ3) is 3.05. The minimum Gasteiger partial charge on any atom is -0.399 e. The second kappa shape index (κ2) is 6.49. The van der Waals surface area contributed by atoms with Crippen molar-refractivity contribution in [1.29, 1.82) is 0 Å². The first-order valence-corrected chi connectivity index (χ1v) is 7.83. The number of benzene rings is 2. The third-order valence-electron chi connectivity index (χ3n) is 4.03. The van der Waals surface area contributed by atoms with Crippen LogP contribution in [-0.4, -0.2) is 10.4 Å². The molecule has 0 atom stereocenters. The lowest BCUT2D eigenvalue weighted by Gasteiger charge is -2.09. The number of hydrogen-bond acceptors (Lipinski definition) is 2. The molecule has 0 bridgehead atoms. The highest BCUT2D eigenvalue weighted by Gasteiger charge is 2.17. The van der Waals surface area contributed by atoms with Crippen molar-refractivity contribution < 1.29 is 9.18 Å². The molecule has 0 amide bonds. The number of nitrogen functional groups attached to an aromatic ring is 1. The Morgan fingerprint density at radius 1 is 1.17 bits per heavy atom. The molecule has 5 heteroatoms. The van der Waals surface area contributed by atoms with Gasteiger partial charge in [-0.3, -0.25) is 4.79 Å². The summed E-state index contributed by atoms with van der Waals surface area (Å²) in [4.78, 5) is 12.7. The predicted molar refractivity (Wildman–Crippen MR) is 93.9 cm³/mol. The molecular formula is C19H16ClFN2O. The summed E-state index contributed by atoms with van der Waals surface area (Å²) < 4.78 is 15.7. The van der Waals surface area contributed by atoms with Crippen LogP contribution in [0.15, 0.2) is 54.6 Å². The monoisotopic (exact) mass is 342 g/mol. The lowest BCUT2D eigenvalue weighted by atomic mass is 10.1. The number of halogens is 2. The van der Waals surface area contributed by atoms with Crippen LogP contribution in [0.25, 0.3) is 0 Å². The Balaban J connectivity index is 1.91. The highest BCUT2D eigenvalue weighted by molar-refractivity contribution is 6.34. The van der Waals surface area contributed by atoms with Crippen molar-refractivity contribution in [2.45, 2.75) is 6.42 Å². The van der Waals surface area contributed by atoms with Gasteiger partial charge in [0.1, 0.15) is 5.82 Å². The third-order valence-corrected chi connectivity index (χ3v) is 4.36. The molecule has 3 nitrogen and oxygen atoms in total. The van der Waals surface area contributed by atoms with Gasteiger partial charge >= 0.3 is 0 Å². The molecule has 0 spiro atoms. The molecular weight excluding hydrogens is 327 g/mol. The summed E-state index contributed by atoms with van der Waals surface area (Å²) in [5.74, 6) is -0.512.